The van der Waals surface area contributed by atoms with Gasteiger partial charge in [0, 0.05) is 19.0 Å². The van der Waals surface area contributed by atoms with Crippen molar-refractivity contribution >= 4 is 23.3 Å². The van der Waals surface area contributed by atoms with Gasteiger partial charge in [-0.2, -0.15) is 0 Å². The second-order valence-corrected chi connectivity index (χ2v) is 6.63. The van der Waals surface area contributed by atoms with Gasteiger partial charge in [0.15, 0.2) is 0 Å². The van der Waals surface area contributed by atoms with Gasteiger partial charge in [-0.15, -0.1) is 0 Å². The van der Waals surface area contributed by atoms with E-state index in [2.05, 4.69) is 22.1 Å². The monoisotopic (exact) mass is 332 g/mol. The van der Waals surface area contributed by atoms with Crippen molar-refractivity contribution in [3.63, 3.8) is 0 Å². The van der Waals surface area contributed by atoms with Gasteiger partial charge in [0.05, 0.1) is 17.8 Å². The smallest absolute Gasteiger partial charge is 0.227 e. The standard InChI is InChI=1S/C18H28N4O2/c1-3-4-6-13(2)18(24)21-15-8-9-16(20-11-15)22-10-5-7-14(12-22)17(19)23/h8-9,11,13-14H,3-7,10,12H2,1-2H3,(H2,19,23)(H,21,24). The van der Waals surface area contributed by atoms with Crippen LogP contribution in [0.4, 0.5) is 11.5 Å². The fraction of sp³-hybridized carbons (Fsp3) is 0.611. The molecule has 1 aliphatic heterocycles. The Kier molecular flexibility index (Phi) is 6.58. The summed E-state index contributed by atoms with van der Waals surface area (Å²) in [6.07, 6.45) is 6.50. The third-order valence-electron chi connectivity index (χ3n) is 4.60. The highest BCUT2D eigenvalue weighted by atomic mass is 16.2. The molecule has 6 heteroatoms. The summed E-state index contributed by atoms with van der Waals surface area (Å²) in [5.41, 5.74) is 6.12. The van der Waals surface area contributed by atoms with Crippen molar-refractivity contribution in [2.45, 2.75) is 46.0 Å². The summed E-state index contributed by atoms with van der Waals surface area (Å²) in [5, 5.41) is 2.91. The van der Waals surface area contributed by atoms with Crippen LogP contribution in [0.1, 0.15) is 46.0 Å². The van der Waals surface area contributed by atoms with Crippen LogP contribution in [0.3, 0.4) is 0 Å². The molecule has 0 saturated carbocycles. The van der Waals surface area contributed by atoms with Crippen LogP contribution in [0.5, 0.6) is 0 Å². The number of rotatable bonds is 7. The maximum absolute atomic E-state index is 12.1. The first-order chi connectivity index (χ1) is 11.5. The van der Waals surface area contributed by atoms with Crippen LogP contribution in [0.2, 0.25) is 0 Å². The van der Waals surface area contributed by atoms with Crippen LogP contribution in [-0.2, 0) is 9.59 Å². The van der Waals surface area contributed by atoms with Crippen LogP contribution in [0.15, 0.2) is 18.3 Å². The molecule has 0 spiro atoms. The molecule has 2 amide bonds. The molecule has 1 saturated heterocycles. The van der Waals surface area contributed by atoms with E-state index in [0.717, 1.165) is 44.5 Å². The molecule has 0 bridgehead atoms. The normalized spacial score (nSPS) is 18.9. The molecule has 1 fully saturated rings. The van der Waals surface area contributed by atoms with E-state index >= 15 is 0 Å². The lowest BCUT2D eigenvalue weighted by Gasteiger charge is -2.32. The van der Waals surface area contributed by atoms with Gasteiger partial charge in [-0.05, 0) is 31.4 Å². The Labute approximate surface area is 143 Å². The summed E-state index contributed by atoms with van der Waals surface area (Å²) in [7, 11) is 0. The van der Waals surface area contributed by atoms with E-state index in [9.17, 15) is 9.59 Å². The highest BCUT2D eigenvalue weighted by Crippen LogP contribution is 2.22. The van der Waals surface area contributed by atoms with Crippen LogP contribution in [0, 0.1) is 11.8 Å². The zero-order valence-electron chi connectivity index (χ0n) is 14.6. The SMILES string of the molecule is CCCCC(C)C(=O)Nc1ccc(N2CCCC(C(N)=O)C2)nc1. The lowest BCUT2D eigenvalue weighted by molar-refractivity contribution is -0.122. The summed E-state index contributed by atoms with van der Waals surface area (Å²) in [6.45, 7) is 5.56. The van der Waals surface area contributed by atoms with E-state index in [1.54, 1.807) is 6.20 Å². The quantitative estimate of drug-likeness (QED) is 0.803. The van der Waals surface area contributed by atoms with E-state index in [1.165, 1.54) is 0 Å². The molecular formula is C18H28N4O2. The molecule has 0 aliphatic carbocycles. The highest BCUT2D eigenvalue weighted by molar-refractivity contribution is 5.92. The Morgan fingerprint density at radius 1 is 1.46 bits per heavy atom. The van der Waals surface area contributed by atoms with E-state index in [4.69, 9.17) is 5.73 Å². The van der Waals surface area contributed by atoms with Crippen LogP contribution >= 0.6 is 0 Å². The van der Waals surface area contributed by atoms with E-state index in [0.29, 0.717) is 12.2 Å². The van der Waals surface area contributed by atoms with Crippen LogP contribution < -0.4 is 16.0 Å². The summed E-state index contributed by atoms with van der Waals surface area (Å²) in [5.74, 6) is 0.495. The molecule has 2 unspecified atom stereocenters. The van der Waals surface area contributed by atoms with Gasteiger partial charge in [0.1, 0.15) is 5.82 Å². The molecule has 132 valence electrons. The van der Waals surface area contributed by atoms with E-state index < -0.39 is 0 Å². The number of piperidine rings is 1. The molecule has 1 aliphatic rings. The first kappa shape index (κ1) is 18.2. The molecule has 24 heavy (non-hydrogen) atoms. The van der Waals surface area contributed by atoms with Crippen molar-refractivity contribution < 1.29 is 9.59 Å². The molecule has 2 rings (SSSR count). The number of pyridine rings is 1. The lowest BCUT2D eigenvalue weighted by Crippen LogP contribution is -2.41. The average Bonchev–Trinajstić information content (AvgIpc) is 2.60. The zero-order chi connectivity index (χ0) is 17.5. The Morgan fingerprint density at radius 2 is 2.25 bits per heavy atom. The third-order valence-corrected chi connectivity index (χ3v) is 4.60. The molecular weight excluding hydrogens is 304 g/mol. The van der Waals surface area contributed by atoms with Gasteiger partial charge in [-0.25, -0.2) is 4.98 Å². The number of primary amides is 1. The predicted octanol–water partition coefficient (Wildman–Crippen LogP) is 2.55. The number of nitrogens with zero attached hydrogens (tertiary/aromatic N) is 2. The molecule has 2 atom stereocenters. The fourth-order valence-electron chi connectivity index (χ4n) is 2.97. The minimum atomic E-state index is -0.246. The minimum absolute atomic E-state index is 0.00282. The maximum Gasteiger partial charge on any atom is 0.227 e. The summed E-state index contributed by atoms with van der Waals surface area (Å²) >= 11 is 0. The van der Waals surface area contributed by atoms with Crippen molar-refractivity contribution in [2.75, 3.05) is 23.3 Å². The number of aromatic nitrogens is 1. The largest absolute Gasteiger partial charge is 0.369 e. The van der Waals surface area contributed by atoms with Gasteiger partial charge in [0.25, 0.3) is 0 Å². The van der Waals surface area contributed by atoms with Gasteiger partial charge < -0.3 is 16.0 Å². The van der Waals surface area contributed by atoms with Crippen molar-refractivity contribution in [3.05, 3.63) is 18.3 Å². The second kappa shape index (κ2) is 8.66. The van der Waals surface area contributed by atoms with Crippen molar-refractivity contribution in [3.8, 4) is 0 Å². The molecule has 0 radical (unpaired) electrons. The molecule has 1 aromatic rings. The minimum Gasteiger partial charge on any atom is -0.369 e. The van der Waals surface area contributed by atoms with Crippen molar-refractivity contribution in [1.82, 2.24) is 4.98 Å². The second-order valence-electron chi connectivity index (χ2n) is 6.63. The Morgan fingerprint density at radius 3 is 2.88 bits per heavy atom. The number of anilines is 2. The molecule has 3 N–H and O–H groups in total. The highest BCUT2D eigenvalue weighted by Gasteiger charge is 2.24. The van der Waals surface area contributed by atoms with Gasteiger partial charge in [0.2, 0.25) is 11.8 Å². The number of hydrogen-bond acceptors (Lipinski definition) is 4. The van der Waals surface area contributed by atoms with Gasteiger partial charge in [-0.1, -0.05) is 26.7 Å². The zero-order valence-corrected chi connectivity index (χ0v) is 14.6. The number of carbonyl (C=O) groups is 2. The molecule has 1 aromatic heterocycles. The number of carbonyl (C=O) groups excluding carboxylic acids is 2. The fourth-order valence-corrected chi connectivity index (χ4v) is 2.97. The number of amides is 2. The van der Waals surface area contributed by atoms with Crippen molar-refractivity contribution in [2.24, 2.45) is 17.6 Å². The first-order valence-electron chi connectivity index (χ1n) is 8.82. The lowest BCUT2D eigenvalue weighted by atomic mass is 9.97. The van der Waals surface area contributed by atoms with Crippen LogP contribution in [-0.4, -0.2) is 29.9 Å². The number of nitrogens with two attached hydrogens (primary N) is 1. The average molecular weight is 332 g/mol. The Bertz CT molecular complexity index is 559. The van der Waals surface area contributed by atoms with E-state index in [1.807, 2.05) is 19.1 Å². The molecule has 6 nitrogen and oxygen atoms in total. The molecule has 2 heterocycles. The summed E-state index contributed by atoms with van der Waals surface area (Å²) in [6, 6.07) is 3.75. The Balaban J connectivity index is 1.93. The number of nitrogens with one attached hydrogen (secondary N) is 1. The number of hydrogen-bond donors (Lipinski definition) is 2. The molecule has 0 aromatic carbocycles. The predicted molar refractivity (Wildman–Crippen MR) is 95.7 cm³/mol. The third kappa shape index (κ3) is 4.94. The topological polar surface area (TPSA) is 88.3 Å². The van der Waals surface area contributed by atoms with E-state index in [-0.39, 0.29) is 23.7 Å². The summed E-state index contributed by atoms with van der Waals surface area (Å²) in [4.78, 5) is 30.0. The maximum atomic E-state index is 12.1. The number of unbranched alkanes of at least 4 members (excludes halogenated alkanes) is 1. The van der Waals surface area contributed by atoms with Crippen LogP contribution in [0.25, 0.3) is 0 Å². The summed E-state index contributed by atoms with van der Waals surface area (Å²) < 4.78 is 0. The first-order valence-corrected chi connectivity index (χ1v) is 8.82. The van der Waals surface area contributed by atoms with Gasteiger partial charge in [-0.3, -0.25) is 9.59 Å². The Hall–Kier alpha value is -2.11. The van der Waals surface area contributed by atoms with Gasteiger partial charge >= 0.3 is 0 Å². The van der Waals surface area contributed by atoms with Crippen molar-refractivity contribution in [1.29, 1.82) is 0 Å².